The van der Waals surface area contributed by atoms with Crippen molar-refractivity contribution in [3.63, 3.8) is 0 Å². The van der Waals surface area contributed by atoms with Gasteiger partial charge in [0.15, 0.2) is 11.5 Å². The SMILES string of the molecule is CCN1Cc2c(ccc(OC)c2O)-c2ccc3ccccc3c21. The van der Waals surface area contributed by atoms with E-state index in [1.807, 2.05) is 6.07 Å². The molecule has 1 aliphatic rings. The van der Waals surface area contributed by atoms with Crippen LogP contribution in [0.4, 0.5) is 5.69 Å². The number of methoxy groups -OCH3 is 1. The quantitative estimate of drug-likeness (QED) is 0.753. The second-order valence-electron chi connectivity index (χ2n) is 5.84. The number of anilines is 1. The molecule has 0 saturated heterocycles. The maximum absolute atomic E-state index is 10.5. The van der Waals surface area contributed by atoms with Crippen LogP contribution in [0.1, 0.15) is 12.5 Å². The van der Waals surface area contributed by atoms with Crippen LogP contribution in [-0.4, -0.2) is 18.8 Å². The third-order valence-corrected chi connectivity index (χ3v) is 4.70. The number of aromatic hydroxyl groups is 1. The van der Waals surface area contributed by atoms with Crippen molar-refractivity contribution in [3.05, 3.63) is 54.1 Å². The minimum absolute atomic E-state index is 0.252. The van der Waals surface area contributed by atoms with Crippen molar-refractivity contribution in [2.45, 2.75) is 13.5 Å². The Bertz CT molecular complexity index is 902. The number of phenolic OH excluding ortho intramolecular Hbond substituents is 1. The summed E-state index contributed by atoms with van der Waals surface area (Å²) in [6, 6.07) is 16.7. The highest BCUT2D eigenvalue weighted by Gasteiger charge is 2.26. The van der Waals surface area contributed by atoms with Gasteiger partial charge in [0, 0.05) is 29.6 Å². The first kappa shape index (κ1) is 13.9. The summed E-state index contributed by atoms with van der Waals surface area (Å²) < 4.78 is 5.27. The second kappa shape index (κ2) is 5.20. The largest absolute Gasteiger partial charge is 0.504 e. The molecule has 23 heavy (non-hydrogen) atoms. The number of nitrogens with zero attached hydrogens (tertiary/aromatic N) is 1. The zero-order chi connectivity index (χ0) is 16.0. The first-order valence-electron chi connectivity index (χ1n) is 7.90. The van der Waals surface area contributed by atoms with Crippen molar-refractivity contribution in [3.8, 4) is 22.6 Å². The number of ether oxygens (including phenoxy) is 1. The third-order valence-electron chi connectivity index (χ3n) is 4.70. The van der Waals surface area contributed by atoms with Crippen LogP contribution >= 0.6 is 0 Å². The Kier molecular flexibility index (Phi) is 3.15. The molecule has 0 aliphatic carbocycles. The third kappa shape index (κ3) is 1.96. The Morgan fingerprint density at radius 1 is 1.04 bits per heavy atom. The van der Waals surface area contributed by atoms with Gasteiger partial charge in [-0.25, -0.2) is 0 Å². The number of benzene rings is 3. The van der Waals surface area contributed by atoms with Crippen LogP contribution in [0.3, 0.4) is 0 Å². The summed E-state index contributed by atoms with van der Waals surface area (Å²) in [5.74, 6) is 0.784. The molecule has 0 spiro atoms. The molecule has 0 fully saturated rings. The van der Waals surface area contributed by atoms with E-state index in [-0.39, 0.29) is 5.75 Å². The molecule has 3 aromatic carbocycles. The molecule has 3 aromatic rings. The molecule has 0 amide bonds. The molecule has 1 heterocycles. The first-order chi connectivity index (χ1) is 11.2. The predicted octanol–water partition coefficient (Wildman–Crippen LogP) is 4.56. The number of fused-ring (bicyclic) bond motifs is 5. The summed E-state index contributed by atoms with van der Waals surface area (Å²) in [6.07, 6.45) is 0. The van der Waals surface area contributed by atoms with Gasteiger partial charge < -0.3 is 14.7 Å². The molecule has 0 saturated carbocycles. The van der Waals surface area contributed by atoms with Crippen molar-refractivity contribution in [1.82, 2.24) is 0 Å². The minimum Gasteiger partial charge on any atom is -0.504 e. The summed E-state index contributed by atoms with van der Waals surface area (Å²) in [7, 11) is 1.59. The van der Waals surface area contributed by atoms with Crippen LogP contribution in [0.2, 0.25) is 0 Å². The molecule has 4 rings (SSSR count). The van der Waals surface area contributed by atoms with Crippen LogP contribution in [0.15, 0.2) is 48.5 Å². The highest BCUT2D eigenvalue weighted by molar-refractivity contribution is 6.04. The van der Waals surface area contributed by atoms with E-state index in [4.69, 9.17) is 4.74 Å². The van der Waals surface area contributed by atoms with Gasteiger partial charge in [0.25, 0.3) is 0 Å². The van der Waals surface area contributed by atoms with E-state index in [0.29, 0.717) is 12.3 Å². The lowest BCUT2D eigenvalue weighted by Crippen LogP contribution is -2.26. The lowest BCUT2D eigenvalue weighted by atomic mass is 9.89. The predicted molar refractivity (Wildman–Crippen MR) is 94.3 cm³/mol. The van der Waals surface area contributed by atoms with E-state index in [1.54, 1.807) is 7.11 Å². The summed E-state index contributed by atoms with van der Waals surface area (Å²) in [4.78, 5) is 2.32. The highest BCUT2D eigenvalue weighted by Crippen LogP contribution is 2.47. The molecule has 3 nitrogen and oxygen atoms in total. The molecule has 0 bridgehead atoms. The van der Waals surface area contributed by atoms with E-state index in [1.165, 1.54) is 22.0 Å². The number of rotatable bonds is 2. The number of phenols is 1. The Morgan fingerprint density at radius 3 is 2.61 bits per heavy atom. The van der Waals surface area contributed by atoms with Gasteiger partial charge in [-0.1, -0.05) is 36.4 Å². The van der Waals surface area contributed by atoms with Gasteiger partial charge >= 0.3 is 0 Å². The Balaban J connectivity index is 2.06. The number of hydrogen-bond acceptors (Lipinski definition) is 3. The standard InChI is InChI=1S/C20H19NO2/c1-3-21-12-17-15(10-11-18(23-2)20(17)22)16-9-8-13-6-4-5-7-14(13)19(16)21/h4-11,22H,3,12H2,1-2H3. The van der Waals surface area contributed by atoms with Crippen LogP contribution in [0.25, 0.3) is 21.9 Å². The second-order valence-corrected chi connectivity index (χ2v) is 5.84. The van der Waals surface area contributed by atoms with Crippen LogP contribution in [-0.2, 0) is 6.54 Å². The fraction of sp³-hybridized carbons (Fsp3) is 0.200. The van der Waals surface area contributed by atoms with E-state index in [0.717, 1.165) is 17.7 Å². The lowest BCUT2D eigenvalue weighted by Gasteiger charge is -2.33. The van der Waals surface area contributed by atoms with Gasteiger partial charge in [0.05, 0.1) is 12.8 Å². The van der Waals surface area contributed by atoms with Crippen molar-refractivity contribution >= 4 is 16.5 Å². The maximum atomic E-state index is 10.5. The average molecular weight is 305 g/mol. The van der Waals surface area contributed by atoms with Gasteiger partial charge in [0.1, 0.15) is 0 Å². The fourth-order valence-corrected chi connectivity index (χ4v) is 3.54. The maximum Gasteiger partial charge on any atom is 0.163 e. The summed E-state index contributed by atoms with van der Waals surface area (Å²) >= 11 is 0. The van der Waals surface area contributed by atoms with Gasteiger partial charge in [-0.05, 0) is 30.0 Å². The molecule has 0 aromatic heterocycles. The van der Waals surface area contributed by atoms with Gasteiger partial charge in [-0.15, -0.1) is 0 Å². The summed E-state index contributed by atoms with van der Waals surface area (Å²) in [6.45, 7) is 3.72. The first-order valence-corrected chi connectivity index (χ1v) is 7.90. The summed E-state index contributed by atoms with van der Waals surface area (Å²) in [5.41, 5.74) is 4.45. The van der Waals surface area contributed by atoms with Gasteiger partial charge in [0.2, 0.25) is 0 Å². The Morgan fingerprint density at radius 2 is 1.83 bits per heavy atom. The van der Waals surface area contributed by atoms with E-state index in [9.17, 15) is 5.11 Å². The van der Waals surface area contributed by atoms with E-state index >= 15 is 0 Å². The van der Waals surface area contributed by atoms with Crippen LogP contribution in [0.5, 0.6) is 11.5 Å². The minimum atomic E-state index is 0.252. The van der Waals surface area contributed by atoms with E-state index in [2.05, 4.69) is 54.3 Å². The zero-order valence-electron chi connectivity index (χ0n) is 13.3. The van der Waals surface area contributed by atoms with E-state index < -0.39 is 0 Å². The lowest BCUT2D eigenvalue weighted by molar-refractivity contribution is 0.370. The zero-order valence-corrected chi connectivity index (χ0v) is 13.3. The molecular formula is C20H19NO2. The molecular weight excluding hydrogens is 286 g/mol. The normalized spacial score (nSPS) is 12.9. The smallest absolute Gasteiger partial charge is 0.163 e. The highest BCUT2D eigenvalue weighted by atomic mass is 16.5. The average Bonchev–Trinajstić information content (AvgIpc) is 2.61. The summed E-state index contributed by atoms with van der Waals surface area (Å²) in [5, 5.41) is 13.0. The molecule has 0 radical (unpaired) electrons. The molecule has 116 valence electrons. The van der Waals surface area contributed by atoms with Gasteiger partial charge in [-0.3, -0.25) is 0 Å². The van der Waals surface area contributed by atoms with Crippen molar-refractivity contribution < 1.29 is 9.84 Å². The van der Waals surface area contributed by atoms with Crippen LogP contribution in [0, 0.1) is 0 Å². The monoisotopic (exact) mass is 305 g/mol. The topological polar surface area (TPSA) is 32.7 Å². The van der Waals surface area contributed by atoms with Crippen molar-refractivity contribution in [2.75, 3.05) is 18.6 Å². The van der Waals surface area contributed by atoms with Gasteiger partial charge in [-0.2, -0.15) is 0 Å². The fourth-order valence-electron chi connectivity index (χ4n) is 3.54. The molecule has 0 unspecified atom stereocenters. The molecule has 1 aliphatic heterocycles. The number of hydrogen-bond donors (Lipinski definition) is 1. The molecule has 0 atom stereocenters. The Hall–Kier alpha value is -2.68. The van der Waals surface area contributed by atoms with Crippen molar-refractivity contribution in [1.29, 1.82) is 0 Å². The van der Waals surface area contributed by atoms with Crippen LogP contribution < -0.4 is 9.64 Å². The van der Waals surface area contributed by atoms with Crippen molar-refractivity contribution in [2.24, 2.45) is 0 Å². The molecule has 3 heteroatoms. The Labute approximate surface area is 135 Å². The molecule has 1 N–H and O–H groups in total.